The van der Waals surface area contributed by atoms with Crippen LogP contribution in [0.5, 0.6) is 5.75 Å². The van der Waals surface area contributed by atoms with E-state index in [1.54, 1.807) is 19.2 Å². The molecule has 0 aromatic heterocycles. The molecule has 3 atom stereocenters. The molecule has 5 rings (SSSR count). The summed E-state index contributed by atoms with van der Waals surface area (Å²) in [5, 5.41) is 9.66. The number of fused-ring (bicyclic) bond motifs is 1. The van der Waals surface area contributed by atoms with E-state index in [1.807, 2.05) is 35.3 Å². The molecule has 3 aliphatic rings. The summed E-state index contributed by atoms with van der Waals surface area (Å²) in [6.45, 7) is 1.86. The second-order valence-electron chi connectivity index (χ2n) is 8.78. The third kappa shape index (κ3) is 4.19. The lowest BCUT2D eigenvalue weighted by atomic mass is 10.0. The Morgan fingerprint density at radius 1 is 1.09 bits per heavy atom. The number of benzene rings is 2. The summed E-state index contributed by atoms with van der Waals surface area (Å²) in [4.78, 5) is 13.1. The normalized spacial score (nSPS) is 25.0. The third-order valence-corrected chi connectivity index (χ3v) is 7.35. The minimum Gasteiger partial charge on any atom is -0.497 e. The van der Waals surface area contributed by atoms with Gasteiger partial charge in [0, 0.05) is 24.5 Å². The standard InChI is InChI=1S/C24H26Cl2N4O2/c1-32-19-8-5-15(6-9-19)23-12-21(27-30(23)22-10-7-18(25)11-20(22)26)24(31)28-29-13-16-3-2-4-17(16)14-29/h5-11,16-17,23H,2-4,12-14H2,1H3,(H,28,31)/t16?,17?,23-/m0/s1. The molecule has 2 aliphatic heterocycles. The zero-order chi connectivity index (χ0) is 22.2. The fourth-order valence-electron chi connectivity index (χ4n) is 5.16. The van der Waals surface area contributed by atoms with Gasteiger partial charge in [0.25, 0.3) is 5.91 Å². The molecule has 168 valence electrons. The molecule has 8 heteroatoms. The number of anilines is 1. The van der Waals surface area contributed by atoms with Crippen LogP contribution in [-0.4, -0.2) is 36.8 Å². The van der Waals surface area contributed by atoms with E-state index < -0.39 is 0 Å². The smallest absolute Gasteiger partial charge is 0.281 e. The summed E-state index contributed by atoms with van der Waals surface area (Å²) in [5.41, 5.74) is 5.34. The van der Waals surface area contributed by atoms with Crippen LogP contribution in [0.3, 0.4) is 0 Å². The van der Waals surface area contributed by atoms with E-state index in [2.05, 4.69) is 10.4 Å². The van der Waals surface area contributed by atoms with Gasteiger partial charge < -0.3 is 4.74 Å². The second kappa shape index (κ2) is 8.93. The zero-order valence-corrected chi connectivity index (χ0v) is 19.4. The van der Waals surface area contributed by atoms with Gasteiger partial charge in [0.05, 0.1) is 23.9 Å². The summed E-state index contributed by atoms with van der Waals surface area (Å²) in [6.07, 6.45) is 4.32. The Labute approximate surface area is 198 Å². The molecule has 2 unspecified atom stereocenters. The summed E-state index contributed by atoms with van der Waals surface area (Å²) in [7, 11) is 1.64. The van der Waals surface area contributed by atoms with E-state index in [0.717, 1.165) is 30.1 Å². The molecule has 2 aromatic rings. The predicted octanol–water partition coefficient (Wildman–Crippen LogP) is 5.07. The number of carbonyl (C=O) groups excluding carboxylic acids is 1. The molecular formula is C24H26Cl2N4O2. The van der Waals surface area contributed by atoms with Crippen LogP contribution in [0.15, 0.2) is 47.6 Å². The van der Waals surface area contributed by atoms with Crippen molar-refractivity contribution < 1.29 is 9.53 Å². The zero-order valence-electron chi connectivity index (χ0n) is 17.9. The first-order valence-electron chi connectivity index (χ1n) is 11.0. The second-order valence-corrected chi connectivity index (χ2v) is 9.62. The van der Waals surface area contributed by atoms with Crippen molar-refractivity contribution in [2.45, 2.75) is 31.7 Å². The SMILES string of the molecule is COc1ccc([C@@H]2CC(C(=O)NN3CC4CCCC4C3)=NN2c2ccc(Cl)cc2Cl)cc1. The van der Waals surface area contributed by atoms with Crippen LogP contribution in [-0.2, 0) is 4.79 Å². The first-order chi connectivity index (χ1) is 15.5. The molecule has 0 bridgehead atoms. The Morgan fingerprint density at radius 2 is 1.81 bits per heavy atom. The van der Waals surface area contributed by atoms with Crippen LogP contribution < -0.4 is 15.2 Å². The van der Waals surface area contributed by atoms with Gasteiger partial charge in [-0.15, -0.1) is 0 Å². The Balaban J connectivity index is 1.39. The maximum atomic E-state index is 13.1. The molecule has 2 heterocycles. The highest BCUT2D eigenvalue weighted by molar-refractivity contribution is 6.40. The number of amides is 1. The fraction of sp³-hybridized carbons (Fsp3) is 0.417. The Hall–Kier alpha value is -2.28. The van der Waals surface area contributed by atoms with E-state index in [1.165, 1.54) is 19.3 Å². The highest BCUT2D eigenvalue weighted by Gasteiger charge is 2.38. The van der Waals surface area contributed by atoms with Crippen molar-refractivity contribution in [2.75, 3.05) is 25.2 Å². The molecule has 1 N–H and O–H groups in total. The highest BCUT2D eigenvalue weighted by Crippen LogP contribution is 2.40. The largest absolute Gasteiger partial charge is 0.497 e. The van der Waals surface area contributed by atoms with Crippen molar-refractivity contribution in [1.29, 1.82) is 0 Å². The number of carbonyl (C=O) groups is 1. The van der Waals surface area contributed by atoms with Crippen molar-refractivity contribution in [3.05, 3.63) is 58.1 Å². The van der Waals surface area contributed by atoms with Crippen molar-refractivity contribution >= 4 is 40.5 Å². The van der Waals surface area contributed by atoms with E-state index in [-0.39, 0.29) is 11.9 Å². The Kier molecular flexibility index (Phi) is 6.01. The third-order valence-electron chi connectivity index (χ3n) is 6.82. The average Bonchev–Trinajstić information content (AvgIpc) is 3.49. The summed E-state index contributed by atoms with van der Waals surface area (Å²) in [5.74, 6) is 2.05. The number of methoxy groups -OCH3 is 1. The van der Waals surface area contributed by atoms with Gasteiger partial charge in [-0.05, 0) is 60.6 Å². The number of ether oxygens (including phenoxy) is 1. The lowest BCUT2D eigenvalue weighted by Gasteiger charge is -2.25. The van der Waals surface area contributed by atoms with E-state index >= 15 is 0 Å². The van der Waals surface area contributed by atoms with Crippen LogP contribution in [0.1, 0.15) is 37.3 Å². The summed E-state index contributed by atoms with van der Waals surface area (Å²) >= 11 is 12.6. The number of halogens is 2. The average molecular weight is 473 g/mol. The predicted molar refractivity (Wildman–Crippen MR) is 127 cm³/mol. The molecule has 2 fully saturated rings. The van der Waals surface area contributed by atoms with Crippen LogP contribution in [0.2, 0.25) is 10.0 Å². The lowest BCUT2D eigenvalue weighted by molar-refractivity contribution is -0.119. The summed E-state index contributed by atoms with van der Waals surface area (Å²) in [6, 6.07) is 13.0. The molecule has 2 aromatic carbocycles. The van der Waals surface area contributed by atoms with Gasteiger partial charge in [0.1, 0.15) is 11.5 Å². The molecule has 1 aliphatic carbocycles. The van der Waals surface area contributed by atoms with Crippen LogP contribution in [0.25, 0.3) is 0 Å². The van der Waals surface area contributed by atoms with E-state index in [4.69, 9.17) is 33.0 Å². The van der Waals surface area contributed by atoms with Crippen LogP contribution in [0, 0.1) is 11.8 Å². The minimum absolute atomic E-state index is 0.143. The first-order valence-corrected chi connectivity index (χ1v) is 11.8. The van der Waals surface area contributed by atoms with Gasteiger partial charge in [-0.2, -0.15) is 5.10 Å². The van der Waals surface area contributed by atoms with Gasteiger partial charge in [0.2, 0.25) is 0 Å². The quantitative estimate of drug-likeness (QED) is 0.659. The number of nitrogens with one attached hydrogen (secondary N) is 1. The number of nitrogens with zero attached hydrogens (tertiary/aromatic N) is 3. The molecule has 6 nitrogen and oxygen atoms in total. The number of hydrazine groups is 1. The Morgan fingerprint density at radius 3 is 2.47 bits per heavy atom. The molecule has 1 amide bonds. The topological polar surface area (TPSA) is 57.2 Å². The van der Waals surface area contributed by atoms with Crippen molar-refractivity contribution in [2.24, 2.45) is 16.9 Å². The maximum Gasteiger partial charge on any atom is 0.281 e. The van der Waals surface area contributed by atoms with Gasteiger partial charge in [0.15, 0.2) is 0 Å². The molecule has 0 spiro atoms. The minimum atomic E-state index is -0.154. The number of hydrazone groups is 1. The number of hydrogen-bond acceptors (Lipinski definition) is 5. The maximum absolute atomic E-state index is 13.1. The van der Waals surface area contributed by atoms with E-state index in [9.17, 15) is 4.79 Å². The van der Waals surface area contributed by atoms with Crippen molar-refractivity contribution in [3.8, 4) is 5.75 Å². The van der Waals surface area contributed by atoms with Gasteiger partial charge >= 0.3 is 0 Å². The van der Waals surface area contributed by atoms with Gasteiger partial charge in [-0.1, -0.05) is 41.8 Å². The molecule has 1 saturated carbocycles. The monoisotopic (exact) mass is 472 g/mol. The Bertz CT molecular complexity index is 1030. The van der Waals surface area contributed by atoms with Crippen molar-refractivity contribution in [1.82, 2.24) is 10.4 Å². The number of rotatable bonds is 5. The van der Waals surface area contributed by atoms with Crippen LogP contribution in [0.4, 0.5) is 5.69 Å². The van der Waals surface area contributed by atoms with Gasteiger partial charge in [-0.3, -0.25) is 15.2 Å². The lowest BCUT2D eigenvalue weighted by Crippen LogP contribution is -2.44. The molecule has 1 saturated heterocycles. The van der Waals surface area contributed by atoms with Gasteiger partial charge in [-0.25, -0.2) is 5.01 Å². The van der Waals surface area contributed by atoms with Crippen molar-refractivity contribution in [3.63, 3.8) is 0 Å². The van der Waals surface area contributed by atoms with E-state index in [0.29, 0.717) is 34.0 Å². The first kappa shape index (κ1) is 21.6. The summed E-state index contributed by atoms with van der Waals surface area (Å²) < 4.78 is 5.29. The fourth-order valence-corrected chi connectivity index (χ4v) is 5.65. The molecule has 0 radical (unpaired) electrons. The van der Waals surface area contributed by atoms with Crippen LogP contribution >= 0.6 is 23.2 Å². The number of hydrogen-bond donors (Lipinski definition) is 1. The molecule has 32 heavy (non-hydrogen) atoms. The highest BCUT2D eigenvalue weighted by atomic mass is 35.5. The molecular weight excluding hydrogens is 447 g/mol.